The van der Waals surface area contributed by atoms with Crippen molar-refractivity contribution in [3.8, 4) is 0 Å². The molecule has 6 nitrogen and oxygen atoms in total. The quantitative estimate of drug-likeness (QED) is 0.706. The number of carbonyl (C=O) groups excluding carboxylic acids is 2. The number of imide groups is 1. The van der Waals surface area contributed by atoms with Crippen molar-refractivity contribution in [1.82, 2.24) is 9.21 Å². The molecule has 1 unspecified atom stereocenters. The molecule has 136 valence electrons. The molecule has 25 heavy (non-hydrogen) atoms. The number of nitrogens with zero attached hydrogens (tertiary/aromatic N) is 2. The van der Waals surface area contributed by atoms with Gasteiger partial charge in [0.2, 0.25) is 21.8 Å². The van der Waals surface area contributed by atoms with Crippen LogP contribution in [-0.4, -0.2) is 54.0 Å². The number of hydrogen-bond donors (Lipinski definition) is 0. The minimum absolute atomic E-state index is 0.0869. The standard InChI is InChI=1S/C16H19ClN2O4S2/c17-13-5-2-1-4-12(13)16-19(8-10-24-16)25(22,23)11-9-18-14(20)6-3-7-15(18)21/h1-2,4-5,16H,3,6-11H2. The third-order valence-corrected chi connectivity index (χ3v) is 7.86. The largest absolute Gasteiger partial charge is 0.282 e. The maximum atomic E-state index is 12.8. The van der Waals surface area contributed by atoms with E-state index in [4.69, 9.17) is 11.6 Å². The molecule has 1 aromatic rings. The maximum Gasteiger partial charge on any atom is 0.229 e. The number of hydrogen-bond acceptors (Lipinski definition) is 5. The average molecular weight is 403 g/mol. The summed E-state index contributed by atoms with van der Waals surface area (Å²) in [5, 5.41) is 0.162. The number of sulfonamides is 1. The van der Waals surface area contributed by atoms with Crippen LogP contribution in [0.15, 0.2) is 24.3 Å². The van der Waals surface area contributed by atoms with Gasteiger partial charge in [-0.15, -0.1) is 11.8 Å². The van der Waals surface area contributed by atoms with Crippen LogP contribution in [0, 0.1) is 0 Å². The molecule has 2 fully saturated rings. The second-order valence-corrected chi connectivity index (χ2v) is 9.60. The number of amides is 2. The van der Waals surface area contributed by atoms with Crippen molar-refractivity contribution in [3.63, 3.8) is 0 Å². The molecule has 0 aromatic heterocycles. The molecule has 9 heteroatoms. The third kappa shape index (κ3) is 4.02. The highest BCUT2D eigenvalue weighted by Gasteiger charge is 2.37. The Bertz CT molecular complexity index is 768. The molecule has 0 bridgehead atoms. The van der Waals surface area contributed by atoms with Gasteiger partial charge in [-0.3, -0.25) is 14.5 Å². The molecule has 0 aliphatic carbocycles. The molecule has 0 saturated carbocycles. The molecular weight excluding hydrogens is 384 g/mol. The first kappa shape index (κ1) is 18.7. The monoisotopic (exact) mass is 402 g/mol. The zero-order valence-electron chi connectivity index (χ0n) is 13.6. The van der Waals surface area contributed by atoms with Crippen molar-refractivity contribution < 1.29 is 18.0 Å². The lowest BCUT2D eigenvalue weighted by atomic mass is 10.1. The first-order chi connectivity index (χ1) is 11.9. The van der Waals surface area contributed by atoms with Gasteiger partial charge < -0.3 is 0 Å². The van der Waals surface area contributed by atoms with Crippen LogP contribution in [-0.2, 0) is 19.6 Å². The van der Waals surface area contributed by atoms with Crippen LogP contribution in [0.25, 0.3) is 0 Å². The normalized spacial score (nSPS) is 22.6. The van der Waals surface area contributed by atoms with E-state index < -0.39 is 10.0 Å². The summed E-state index contributed by atoms with van der Waals surface area (Å²) in [6.45, 7) is 0.307. The predicted octanol–water partition coefficient (Wildman–Crippen LogP) is 2.26. The Morgan fingerprint density at radius 1 is 1.16 bits per heavy atom. The van der Waals surface area contributed by atoms with Crippen LogP contribution >= 0.6 is 23.4 Å². The summed E-state index contributed by atoms with van der Waals surface area (Å²) < 4.78 is 27.0. The first-order valence-electron chi connectivity index (χ1n) is 8.09. The molecule has 2 aliphatic heterocycles. The van der Waals surface area contributed by atoms with Crippen LogP contribution in [0.5, 0.6) is 0 Å². The van der Waals surface area contributed by atoms with Gasteiger partial charge in [-0.2, -0.15) is 4.31 Å². The van der Waals surface area contributed by atoms with E-state index in [1.807, 2.05) is 12.1 Å². The number of piperidine rings is 1. The van der Waals surface area contributed by atoms with Gasteiger partial charge in [0.15, 0.2) is 0 Å². The number of benzene rings is 1. The van der Waals surface area contributed by atoms with Gasteiger partial charge in [0.25, 0.3) is 0 Å². The number of halogens is 1. The fraction of sp³-hybridized carbons (Fsp3) is 0.500. The Labute approximate surface area is 156 Å². The summed E-state index contributed by atoms with van der Waals surface area (Å²) in [5.41, 5.74) is 0.764. The number of thioether (sulfide) groups is 1. The van der Waals surface area contributed by atoms with E-state index in [1.165, 1.54) is 16.1 Å². The van der Waals surface area contributed by atoms with Crippen LogP contribution in [0.1, 0.15) is 30.2 Å². The molecule has 2 saturated heterocycles. The second-order valence-electron chi connectivity index (χ2n) is 5.96. The van der Waals surface area contributed by atoms with Crippen molar-refractivity contribution in [2.24, 2.45) is 0 Å². The topological polar surface area (TPSA) is 74.8 Å². The Morgan fingerprint density at radius 3 is 2.52 bits per heavy atom. The Kier molecular flexibility index (Phi) is 5.72. The third-order valence-electron chi connectivity index (χ3n) is 4.33. The average Bonchev–Trinajstić information content (AvgIpc) is 3.05. The smallest absolute Gasteiger partial charge is 0.229 e. The summed E-state index contributed by atoms with van der Waals surface area (Å²) in [6.07, 6.45) is 1.14. The Hall–Kier alpha value is -1.09. The van der Waals surface area contributed by atoms with Gasteiger partial charge in [0, 0.05) is 36.7 Å². The summed E-state index contributed by atoms with van der Waals surface area (Å²) in [7, 11) is -3.61. The minimum Gasteiger partial charge on any atom is -0.282 e. The van der Waals surface area contributed by atoms with Crippen molar-refractivity contribution >= 4 is 45.2 Å². The summed E-state index contributed by atoms with van der Waals surface area (Å²) in [5.74, 6) is -0.155. The highest BCUT2D eigenvalue weighted by Crippen LogP contribution is 2.42. The fourth-order valence-corrected chi connectivity index (χ4v) is 6.63. The van der Waals surface area contributed by atoms with Gasteiger partial charge in [-0.1, -0.05) is 29.8 Å². The van der Waals surface area contributed by atoms with E-state index in [0.717, 1.165) is 10.5 Å². The zero-order valence-corrected chi connectivity index (χ0v) is 15.9. The van der Waals surface area contributed by atoms with Crippen molar-refractivity contribution in [1.29, 1.82) is 0 Å². The zero-order chi connectivity index (χ0) is 18.0. The number of likely N-dealkylation sites (tertiary alicyclic amines) is 1. The lowest BCUT2D eigenvalue weighted by Gasteiger charge is -2.27. The van der Waals surface area contributed by atoms with Crippen molar-refractivity contribution in [2.45, 2.75) is 24.6 Å². The first-order valence-corrected chi connectivity index (χ1v) is 11.1. The highest BCUT2D eigenvalue weighted by atomic mass is 35.5. The van der Waals surface area contributed by atoms with Gasteiger partial charge in [-0.25, -0.2) is 8.42 Å². The highest BCUT2D eigenvalue weighted by molar-refractivity contribution is 8.01. The van der Waals surface area contributed by atoms with Gasteiger partial charge in [-0.05, 0) is 18.1 Å². The van der Waals surface area contributed by atoms with Crippen LogP contribution < -0.4 is 0 Å². The number of carbonyl (C=O) groups is 2. The molecule has 0 radical (unpaired) electrons. The van der Waals surface area contributed by atoms with Crippen molar-refractivity contribution in [3.05, 3.63) is 34.9 Å². The van der Waals surface area contributed by atoms with Gasteiger partial charge in [0.05, 0.1) is 11.1 Å². The van der Waals surface area contributed by atoms with Crippen LogP contribution in [0.3, 0.4) is 0 Å². The lowest BCUT2D eigenvalue weighted by molar-refractivity contribution is -0.147. The van der Waals surface area contributed by atoms with Gasteiger partial charge in [0.1, 0.15) is 0 Å². The fourth-order valence-electron chi connectivity index (χ4n) is 3.03. The maximum absolute atomic E-state index is 12.8. The molecule has 1 aromatic carbocycles. The Morgan fingerprint density at radius 2 is 1.84 bits per heavy atom. The van der Waals surface area contributed by atoms with E-state index in [-0.39, 0.29) is 29.5 Å². The molecule has 0 spiro atoms. The van der Waals surface area contributed by atoms with Crippen LogP contribution in [0.4, 0.5) is 0 Å². The van der Waals surface area contributed by atoms with E-state index >= 15 is 0 Å². The molecule has 1 atom stereocenters. The lowest BCUT2D eigenvalue weighted by Crippen LogP contribution is -2.44. The SMILES string of the molecule is O=C1CCCC(=O)N1CCS(=O)(=O)N1CCSC1c1ccccc1Cl. The van der Waals surface area contributed by atoms with Gasteiger partial charge >= 0.3 is 0 Å². The molecule has 2 amide bonds. The summed E-state index contributed by atoms with van der Waals surface area (Å²) in [6, 6.07) is 7.20. The minimum atomic E-state index is -3.61. The molecule has 0 N–H and O–H groups in total. The summed E-state index contributed by atoms with van der Waals surface area (Å²) >= 11 is 7.75. The van der Waals surface area contributed by atoms with E-state index in [9.17, 15) is 18.0 Å². The molecule has 2 heterocycles. The number of rotatable bonds is 5. The molecular formula is C16H19ClN2O4S2. The second kappa shape index (κ2) is 7.65. The van der Waals surface area contributed by atoms with E-state index in [2.05, 4.69) is 0 Å². The summed E-state index contributed by atoms with van der Waals surface area (Å²) in [4.78, 5) is 24.8. The van der Waals surface area contributed by atoms with E-state index in [1.54, 1.807) is 12.1 Å². The Balaban J connectivity index is 1.74. The van der Waals surface area contributed by atoms with Crippen LogP contribution in [0.2, 0.25) is 5.02 Å². The predicted molar refractivity (Wildman–Crippen MR) is 97.7 cm³/mol. The van der Waals surface area contributed by atoms with E-state index in [0.29, 0.717) is 36.6 Å². The van der Waals surface area contributed by atoms with Crippen molar-refractivity contribution in [2.75, 3.05) is 24.6 Å². The molecule has 3 rings (SSSR count). The molecule has 2 aliphatic rings.